The van der Waals surface area contributed by atoms with Crippen molar-refractivity contribution < 1.29 is 19.2 Å². The highest BCUT2D eigenvalue weighted by Crippen LogP contribution is 2.27. The van der Waals surface area contributed by atoms with Gasteiger partial charge in [0.2, 0.25) is 23.6 Å². The molecule has 0 bridgehead atoms. The lowest BCUT2D eigenvalue weighted by molar-refractivity contribution is -0.149. The maximum atomic E-state index is 12.4. The molecule has 1 atom stereocenters. The van der Waals surface area contributed by atoms with E-state index in [1.807, 2.05) is 0 Å². The van der Waals surface area contributed by atoms with E-state index in [-0.39, 0.29) is 41.9 Å². The van der Waals surface area contributed by atoms with Crippen LogP contribution in [0.3, 0.4) is 0 Å². The summed E-state index contributed by atoms with van der Waals surface area (Å²) in [5.74, 6) is -1.04. The van der Waals surface area contributed by atoms with E-state index < -0.39 is 0 Å². The molecule has 1 rings (SSSR count). The van der Waals surface area contributed by atoms with Crippen molar-refractivity contribution in [2.24, 2.45) is 11.8 Å². The molecule has 0 N–H and O–H groups in total. The van der Waals surface area contributed by atoms with Gasteiger partial charge >= 0.3 is 0 Å². The van der Waals surface area contributed by atoms with Crippen molar-refractivity contribution >= 4 is 23.6 Å². The van der Waals surface area contributed by atoms with Gasteiger partial charge in [-0.05, 0) is 32.6 Å². The average Bonchev–Trinajstić information content (AvgIpc) is 3.07. The molecule has 1 aliphatic rings. The van der Waals surface area contributed by atoms with Gasteiger partial charge in [0.1, 0.15) is 0 Å². The molecule has 0 spiro atoms. The second kappa shape index (κ2) is 9.55. The minimum atomic E-state index is -0.305. The minimum Gasteiger partial charge on any atom is -0.285 e. The Labute approximate surface area is 144 Å². The summed E-state index contributed by atoms with van der Waals surface area (Å²) in [6.45, 7) is 5.28. The molecule has 0 heterocycles. The third-order valence-electron chi connectivity index (χ3n) is 4.81. The van der Waals surface area contributed by atoms with Crippen LogP contribution in [0.25, 0.3) is 0 Å². The maximum Gasteiger partial charge on any atom is 0.232 e. The second-order valence-corrected chi connectivity index (χ2v) is 6.67. The summed E-state index contributed by atoms with van der Waals surface area (Å²) in [6, 6.07) is 0. The van der Waals surface area contributed by atoms with E-state index in [1.54, 1.807) is 20.9 Å². The van der Waals surface area contributed by atoms with Gasteiger partial charge in [0.05, 0.1) is 0 Å². The van der Waals surface area contributed by atoms with Gasteiger partial charge in [0.15, 0.2) is 0 Å². The molecule has 1 saturated carbocycles. The Morgan fingerprint density at radius 1 is 1.12 bits per heavy atom. The number of hydrogen-bond donors (Lipinski definition) is 0. The molecule has 136 valence electrons. The van der Waals surface area contributed by atoms with Gasteiger partial charge in [-0.25, -0.2) is 0 Å². The number of hydrogen-bond acceptors (Lipinski definition) is 4. The van der Waals surface area contributed by atoms with Crippen molar-refractivity contribution in [3.05, 3.63) is 0 Å². The van der Waals surface area contributed by atoms with Crippen molar-refractivity contribution in [1.82, 2.24) is 9.80 Å². The molecule has 0 aromatic heterocycles. The standard InChI is InChI=1S/C18H30N2O4/c1-5-20(14(3)21)16(22)12-8-9-13(2)17(23)19(4)18(24)15-10-6-7-11-15/h13,15H,5-12H2,1-4H3. The van der Waals surface area contributed by atoms with Crippen LogP contribution >= 0.6 is 0 Å². The highest BCUT2D eigenvalue weighted by atomic mass is 16.2. The second-order valence-electron chi connectivity index (χ2n) is 6.67. The van der Waals surface area contributed by atoms with Crippen LogP contribution in [0.2, 0.25) is 0 Å². The predicted molar refractivity (Wildman–Crippen MR) is 90.8 cm³/mol. The van der Waals surface area contributed by atoms with Crippen molar-refractivity contribution in [3.63, 3.8) is 0 Å². The third-order valence-corrected chi connectivity index (χ3v) is 4.81. The van der Waals surface area contributed by atoms with Crippen LogP contribution in [0, 0.1) is 11.8 Å². The molecule has 0 radical (unpaired) electrons. The van der Waals surface area contributed by atoms with Crippen LogP contribution in [0.5, 0.6) is 0 Å². The van der Waals surface area contributed by atoms with E-state index in [0.717, 1.165) is 25.7 Å². The Hall–Kier alpha value is -1.72. The number of rotatable bonds is 7. The first kappa shape index (κ1) is 20.3. The van der Waals surface area contributed by atoms with E-state index >= 15 is 0 Å². The van der Waals surface area contributed by atoms with Gasteiger partial charge in [0.25, 0.3) is 0 Å². The highest BCUT2D eigenvalue weighted by Gasteiger charge is 2.30. The molecule has 6 heteroatoms. The van der Waals surface area contributed by atoms with Crippen LogP contribution < -0.4 is 0 Å². The zero-order valence-electron chi connectivity index (χ0n) is 15.3. The monoisotopic (exact) mass is 338 g/mol. The quantitative estimate of drug-likeness (QED) is 0.714. The van der Waals surface area contributed by atoms with E-state index in [9.17, 15) is 19.2 Å². The molecule has 0 saturated heterocycles. The summed E-state index contributed by atoms with van der Waals surface area (Å²) >= 11 is 0. The summed E-state index contributed by atoms with van der Waals surface area (Å²) in [4.78, 5) is 50.4. The first-order valence-electron chi connectivity index (χ1n) is 8.91. The molecule has 6 nitrogen and oxygen atoms in total. The van der Waals surface area contributed by atoms with E-state index in [1.165, 1.54) is 16.7 Å². The fourth-order valence-corrected chi connectivity index (χ4v) is 3.28. The SMILES string of the molecule is CCN(C(C)=O)C(=O)CCCC(C)C(=O)N(C)C(=O)C1CCCC1. The number of nitrogens with zero attached hydrogens (tertiary/aromatic N) is 2. The molecule has 4 amide bonds. The van der Waals surface area contributed by atoms with Crippen molar-refractivity contribution in [1.29, 1.82) is 0 Å². The Kier molecular flexibility index (Phi) is 8.08. The van der Waals surface area contributed by atoms with Gasteiger partial charge in [-0.15, -0.1) is 0 Å². The van der Waals surface area contributed by atoms with Crippen LogP contribution in [0.1, 0.15) is 65.7 Å². The third kappa shape index (κ3) is 5.42. The van der Waals surface area contributed by atoms with Gasteiger partial charge in [-0.1, -0.05) is 19.8 Å². The summed E-state index contributed by atoms with van der Waals surface area (Å²) in [5, 5.41) is 0. The minimum absolute atomic E-state index is 0.0126. The highest BCUT2D eigenvalue weighted by molar-refractivity contribution is 5.97. The Balaban J connectivity index is 2.42. The number of carbonyl (C=O) groups is 4. The molecule has 1 fully saturated rings. The molecule has 0 aliphatic heterocycles. The molecule has 0 aromatic carbocycles. The van der Waals surface area contributed by atoms with Crippen LogP contribution in [-0.4, -0.2) is 47.0 Å². The van der Waals surface area contributed by atoms with Gasteiger partial charge < -0.3 is 0 Å². The maximum absolute atomic E-state index is 12.4. The lowest BCUT2D eigenvalue weighted by Gasteiger charge is -2.23. The number of carbonyl (C=O) groups excluding carboxylic acids is 4. The molecular weight excluding hydrogens is 308 g/mol. The fraction of sp³-hybridized carbons (Fsp3) is 0.778. The van der Waals surface area contributed by atoms with Gasteiger partial charge in [0, 0.05) is 38.8 Å². The summed E-state index contributed by atoms with van der Waals surface area (Å²) < 4.78 is 0. The first-order chi connectivity index (χ1) is 11.3. The van der Waals surface area contributed by atoms with Crippen molar-refractivity contribution in [3.8, 4) is 0 Å². The fourth-order valence-electron chi connectivity index (χ4n) is 3.28. The van der Waals surface area contributed by atoms with Gasteiger partial charge in [-0.2, -0.15) is 0 Å². The van der Waals surface area contributed by atoms with E-state index in [4.69, 9.17) is 0 Å². The van der Waals surface area contributed by atoms with Crippen LogP contribution in [0.4, 0.5) is 0 Å². The summed E-state index contributed by atoms with van der Waals surface area (Å²) in [7, 11) is 1.55. The Morgan fingerprint density at radius 2 is 1.71 bits per heavy atom. The zero-order chi connectivity index (χ0) is 18.3. The summed E-state index contributed by atoms with van der Waals surface area (Å²) in [5.41, 5.74) is 0. The largest absolute Gasteiger partial charge is 0.285 e. The smallest absolute Gasteiger partial charge is 0.232 e. The lowest BCUT2D eigenvalue weighted by Crippen LogP contribution is -2.40. The average molecular weight is 338 g/mol. The number of imide groups is 2. The van der Waals surface area contributed by atoms with Crippen molar-refractivity contribution in [2.45, 2.75) is 65.7 Å². The molecule has 1 unspecified atom stereocenters. The Bertz CT molecular complexity index is 483. The lowest BCUT2D eigenvalue weighted by atomic mass is 10.0. The summed E-state index contributed by atoms with van der Waals surface area (Å²) in [6.07, 6.45) is 5.16. The van der Waals surface area contributed by atoms with Crippen LogP contribution in [-0.2, 0) is 19.2 Å². The van der Waals surface area contributed by atoms with E-state index in [0.29, 0.717) is 19.4 Å². The van der Waals surface area contributed by atoms with E-state index in [2.05, 4.69) is 0 Å². The van der Waals surface area contributed by atoms with Crippen molar-refractivity contribution in [2.75, 3.05) is 13.6 Å². The zero-order valence-corrected chi connectivity index (χ0v) is 15.3. The number of amides is 4. The topological polar surface area (TPSA) is 74.8 Å². The molecule has 1 aliphatic carbocycles. The van der Waals surface area contributed by atoms with Crippen LogP contribution in [0.15, 0.2) is 0 Å². The molecular formula is C18H30N2O4. The normalized spacial score (nSPS) is 15.8. The Morgan fingerprint density at radius 3 is 2.21 bits per heavy atom. The first-order valence-corrected chi connectivity index (χ1v) is 8.91. The molecule has 24 heavy (non-hydrogen) atoms. The van der Waals surface area contributed by atoms with Gasteiger partial charge in [-0.3, -0.25) is 29.0 Å². The molecule has 0 aromatic rings. The predicted octanol–water partition coefficient (Wildman–Crippen LogP) is 2.36.